The van der Waals surface area contributed by atoms with E-state index < -0.39 is 0 Å². The molecule has 0 aliphatic carbocycles. The maximum Gasteiger partial charge on any atom is 0.274 e. The van der Waals surface area contributed by atoms with Crippen LogP contribution in [0, 0.1) is 6.92 Å². The molecular formula is C21H21ClN4O. The number of amides is 1. The van der Waals surface area contributed by atoms with Crippen LogP contribution in [0.4, 0.5) is 11.6 Å². The average Bonchev–Trinajstić information content (AvgIpc) is 2.68. The Morgan fingerprint density at radius 3 is 2.33 bits per heavy atom. The van der Waals surface area contributed by atoms with Crippen LogP contribution in [0.2, 0.25) is 5.02 Å². The summed E-state index contributed by atoms with van der Waals surface area (Å²) in [6.45, 7) is 4.47. The molecule has 0 aliphatic rings. The zero-order valence-electron chi connectivity index (χ0n) is 15.3. The summed E-state index contributed by atoms with van der Waals surface area (Å²) in [6.07, 6.45) is 0.960. The van der Waals surface area contributed by atoms with Gasteiger partial charge in [0.2, 0.25) is 5.95 Å². The Labute approximate surface area is 163 Å². The topological polar surface area (TPSA) is 66.9 Å². The number of nitrogens with one attached hydrogen (secondary N) is 2. The molecule has 27 heavy (non-hydrogen) atoms. The van der Waals surface area contributed by atoms with Crippen LogP contribution < -0.4 is 10.6 Å². The Morgan fingerprint density at radius 1 is 1.00 bits per heavy atom. The molecule has 2 N–H and O–H groups in total. The molecule has 0 spiro atoms. The van der Waals surface area contributed by atoms with Crippen molar-refractivity contribution in [3.63, 3.8) is 0 Å². The molecule has 1 heterocycles. The Kier molecular flexibility index (Phi) is 6.04. The minimum absolute atomic E-state index is 0.265. The van der Waals surface area contributed by atoms with Crippen molar-refractivity contribution in [3.05, 3.63) is 82.1 Å². The number of rotatable bonds is 6. The van der Waals surface area contributed by atoms with E-state index in [0.29, 0.717) is 23.2 Å². The van der Waals surface area contributed by atoms with Crippen LogP contribution in [0.5, 0.6) is 0 Å². The van der Waals surface area contributed by atoms with Gasteiger partial charge >= 0.3 is 0 Å². The van der Waals surface area contributed by atoms with E-state index >= 15 is 0 Å². The van der Waals surface area contributed by atoms with Crippen LogP contribution in [-0.4, -0.2) is 15.9 Å². The molecule has 0 unspecified atom stereocenters. The first-order chi connectivity index (χ1) is 13.0. The van der Waals surface area contributed by atoms with E-state index in [0.717, 1.165) is 23.4 Å². The van der Waals surface area contributed by atoms with Gasteiger partial charge in [-0.25, -0.2) is 9.97 Å². The fourth-order valence-corrected chi connectivity index (χ4v) is 2.69. The Bertz CT molecular complexity index is 924. The third kappa shape index (κ3) is 5.28. The largest absolute Gasteiger partial charge is 0.350 e. The van der Waals surface area contributed by atoms with Gasteiger partial charge in [-0.05, 0) is 54.8 Å². The van der Waals surface area contributed by atoms with Crippen LogP contribution in [0.15, 0.2) is 54.6 Å². The van der Waals surface area contributed by atoms with E-state index in [1.165, 1.54) is 5.56 Å². The average molecular weight is 381 g/mol. The van der Waals surface area contributed by atoms with Crippen LogP contribution in [0.25, 0.3) is 0 Å². The molecule has 1 aromatic heterocycles. The van der Waals surface area contributed by atoms with Crippen molar-refractivity contribution in [2.75, 3.05) is 10.6 Å². The maximum absolute atomic E-state index is 12.5. The molecule has 0 atom stereocenters. The van der Waals surface area contributed by atoms with Gasteiger partial charge in [0.15, 0.2) is 0 Å². The highest BCUT2D eigenvalue weighted by molar-refractivity contribution is 6.30. The molecule has 2 aromatic carbocycles. The zero-order chi connectivity index (χ0) is 19.2. The number of hydrogen-bond donors (Lipinski definition) is 2. The normalized spacial score (nSPS) is 10.5. The van der Waals surface area contributed by atoms with E-state index in [2.05, 4.69) is 27.5 Å². The lowest BCUT2D eigenvalue weighted by Gasteiger charge is -2.09. The van der Waals surface area contributed by atoms with Gasteiger partial charge in [-0.3, -0.25) is 4.79 Å². The number of benzene rings is 2. The van der Waals surface area contributed by atoms with Gasteiger partial charge in [-0.2, -0.15) is 0 Å². The van der Waals surface area contributed by atoms with Crippen LogP contribution in [0.1, 0.15) is 34.2 Å². The van der Waals surface area contributed by atoms with Crippen molar-refractivity contribution in [2.24, 2.45) is 0 Å². The number of aromatic nitrogens is 2. The lowest BCUT2D eigenvalue weighted by atomic mass is 10.1. The predicted octanol–water partition coefficient (Wildman–Crippen LogP) is 4.87. The quantitative estimate of drug-likeness (QED) is 0.640. The third-order valence-corrected chi connectivity index (χ3v) is 4.32. The highest BCUT2D eigenvalue weighted by Crippen LogP contribution is 2.14. The molecule has 0 saturated heterocycles. The van der Waals surface area contributed by atoms with E-state index in [-0.39, 0.29) is 5.91 Å². The smallest absolute Gasteiger partial charge is 0.274 e. The summed E-state index contributed by atoms with van der Waals surface area (Å²) >= 11 is 5.90. The SMILES string of the molecule is CCc1ccc(NC(=O)c2cc(C)nc(NCc3ccc(Cl)cc3)n2)cc1. The Morgan fingerprint density at radius 2 is 1.67 bits per heavy atom. The first-order valence-corrected chi connectivity index (χ1v) is 9.15. The van der Waals surface area contributed by atoms with Crippen molar-refractivity contribution < 1.29 is 4.79 Å². The molecule has 0 radical (unpaired) electrons. The monoisotopic (exact) mass is 380 g/mol. The number of halogens is 1. The minimum Gasteiger partial charge on any atom is -0.350 e. The summed E-state index contributed by atoms with van der Waals surface area (Å²) < 4.78 is 0. The van der Waals surface area contributed by atoms with Crippen molar-refractivity contribution >= 4 is 29.1 Å². The lowest BCUT2D eigenvalue weighted by Crippen LogP contribution is -2.16. The zero-order valence-corrected chi connectivity index (χ0v) is 16.0. The molecule has 138 valence electrons. The second kappa shape index (κ2) is 8.64. The molecule has 3 rings (SSSR count). The fourth-order valence-electron chi connectivity index (χ4n) is 2.57. The van der Waals surface area contributed by atoms with Crippen LogP contribution in [-0.2, 0) is 13.0 Å². The van der Waals surface area contributed by atoms with Crippen LogP contribution in [0.3, 0.4) is 0 Å². The van der Waals surface area contributed by atoms with Crippen molar-refractivity contribution in [2.45, 2.75) is 26.8 Å². The van der Waals surface area contributed by atoms with Gasteiger partial charge in [0.05, 0.1) is 0 Å². The first kappa shape index (κ1) is 18.9. The molecule has 3 aromatic rings. The van der Waals surface area contributed by atoms with Gasteiger partial charge in [-0.1, -0.05) is 42.8 Å². The Balaban J connectivity index is 1.69. The van der Waals surface area contributed by atoms with Gasteiger partial charge < -0.3 is 10.6 Å². The highest BCUT2D eigenvalue weighted by atomic mass is 35.5. The van der Waals surface area contributed by atoms with E-state index in [1.54, 1.807) is 6.07 Å². The number of nitrogens with zero attached hydrogens (tertiary/aromatic N) is 2. The van der Waals surface area contributed by atoms with Crippen molar-refractivity contribution in [3.8, 4) is 0 Å². The third-order valence-electron chi connectivity index (χ3n) is 4.07. The summed E-state index contributed by atoms with van der Waals surface area (Å²) in [6, 6.07) is 17.0. The number of hydrogen-bond acceptors (Lipinski definition) is 4. The van der Waals surface area contributed by atoms with E-state index in [1.807, 2.05) is 55.5 Å². The molecule has 0 saturated carbocycles. The van der Waals surface area contributed by atoms with Crippen molar-refractivity contribution in [1.29, 1.82) is 0 Å². The van der Waals surface area contributed by atoms with Crippen LogP contribution >= 0.6 is 11.6 Å². The second-order valence-corrected chi connectivity index (χ2v) is 6.64. The van der Waals surface area contributed by atoms with Gasteiger partial charge in [0, 0.05) is 22.9 Å². The Hall–Kier alpha value is -2.92. The van der Waals surface area contributed by atoms with Gasteiger partial charge in [-0.15, -0.1) is 0 Å². The number of carbonyl (C=O) groups excluding carboxylic acids is 1. The fraction of sp³-hybridized carbons (Fsp3) is 0.190. The summed E-state index contributed by atoms with van der Waals surface area (Å²) in [7, 11) is 0. The highest BCUT2D eigenvalue weighted by Gasteiger charge is 2.11. The van der Waals surface area contributed by atoms with E-state index in [9.17, 15) is 4.79 Å². The molecule has 5 nitrogen and oxygen atoms in total. The summed E-state index contributed by atoms with van der Waals surface area (Å²) in [4.78, 5) is 21.2. The van der Waals surface area contributed by atoms with E-state index in [4.69, 9.17) is 11.6 Å². The molecule has 0 aliphatic heterocycles. The molecule has 0 bridgehead atoms. The maximum atomic E-state index is 12.5. The first-order valence-electron chi connectivity index (χ1n) is 8.78. The molecule has 1 amide bonds. The molecular weight excluding hydrogens is 360 g/mol. The minimum atomic E-state index is -0.265. The number of carbonyl (C=O) groups is 1. The lowest BCUT2D eigenvalue weighted by molar-refractivity contribution is 0.102. The molecule has 0 fully saturated rings. The predicted molar refractivity (Wildman–Crippen MR) is 109 cm³/mol. The number of aryl methyl sites for hydroxylation is 2. The van der Waals surface area contributed by atoms with Gasteiger partial charge in [0.25, 0.3) is 5.91 Å². The van der Waals surface area contributed by atoms with Gasteiger partial charge in [0.1, 0.15) is 5.69 Å². The summed E-state index contributed by atoms with van der Waals surface area (Å²) in [5, 5.41) is 6.71. The second-order valence-electron chi connectivity index (χ2n) is 6.20. The summed E-state index contributed by atoms with van der Waals surface area (Å²) in [5.41, 5.74) is 4.05. The number of anilines is 2. The molecule has 6 heteroatoms. The standard InChI is InChI=1S/C21H21ClN4O/c1-3-15-6-10-18(11-7-15)25-20(27)19-12-14(2)24-21(26-19)23-13-16-4-8-17(22)9-5-16/h4-12H,3,13H2,1-2H3,(H,25,27)(H,23,24,26). The summed E-state index contributed by atoms with van der Waals surface area (Å²) in [5.74, 6) is 0.149. The van der Waals surface area contributed by atoms with Crippen molar-refractivity contribution in [1.82, 2.24) is 9.97 Å².